The first kappa shape index (κ1) is 17.2. The van der Waals surface area contributed by atoms with Crippen molar-refractivity contribution in [2.24, 2.45) is 0 Å². The molecule has 0 aliphatic carbocycles. The van der Waals surface area contributed by atoms with Crippen molar-refractivity contribution < 1.29 is 9.32 Å². The van der Waals surface area contributed by atoms with Crippen LogP contribution in [0.2, 0.25) is 0 Å². The Morgan fingerprint density at radius 1 is 1.28 bits per heavy atom. The van der Waals surface area contributed by atoms with Crippen molar-refractivity contribution in [2.75, 3.05) is 5.32 Å². The van der Waals surface area contributed by atoms with Crippen LogP contribution in [-0.4, -0.2) is 31.1 Å². The fraction of sp³-hybridized carbons (Fsp3) is 0.294. The van der Waals surface area contributed by atoms with E-state index in [4.69, 9.17) is 4.52 Å². The van der Waals surface area contributed by atoms with Gasteiger partial charge >= 0.3 is 0 Å². The normalized spacial score (nSPS) is 12.1. The first-order valence-corrected chi connectivity index (χ1v) is 8.75. The number of nitrogens with zero attached hydrogens (tertiary/aromatic N) is 4. The maximum atomic E-state index is 12.3. The van der Waals surface area contributed by atoms with Gasteiger partial charge in [-0.15, -0.1) is 10.2 Å². The molecule has 0 radical (unpaired) electrons. The zero-order chi connectivity index (χ0) is 17.8. The predicted octanol–water partition coefficient (Wildman–Crippen LogP) is 3.05. The highest BCUT2D eigenvalue weighted by atomic mass is 32.2. The molecule has 0 bridgehead atoms. The highest BCUT2D eigenvalue weighted by molar-refractivity contribution is 8.00. The molecule has 1 amide bonds. The van der Waals surface area contributed by atoms with E-state index in [2.05, 4.69) is 32.8 Å². The van der Waals surface area contributed by atoms with Gasteiger partial charge in [-0.25, -0.2) is 0 Å². The lowest BCUT2D eigenvalue weighted by Gasteiger charge is -2.12. The molecule has 1 atom stereocenters. The molecule has 2 aromatic heterocycles. The van der Waals surface area contributed by atoms with Gasteiger partial charge in [-0.1, -0.05) is 47.3 Å². The van der Waals surface area contributed by atoms with Crippen molar-refractivity contribution in [1.29, 1.82) is 0 Å². The van der Waals surface area contributed by atoms with Gasteiger partial charge in [0.15, 0.2) is 5.16 Å². The van der Waals surface area contributed by atoms with Crippen molar-refractivity contribution in [1.82, 2.24) is 19.9 Å². The molecule has 0 fully saturated rings. The molecule has 0 saturated heterocycles. The quantitative estimate of drug-likeness (QED) is 0.683. The number of anilines is 1. The Kier molecular flexibility index (Phi) is 5.18. The SMILES string of the molecule is Cc1cc(NC(=O)C(C)Sc2nnc(C)n2Cc2ccccc2)on1. The molecule has 2 heterocycles. The molecule has 1 unspecified atom stereocenters. The van der Waals surface area contributed by atoms with Gasteiger partial charge in [0.2, 0.25) is 11.8 Å². The zero-order valence-corrected chi connectivity index (χ0v) is 15.1. The van der Waals surface area contributed by atoms with E-state index in [0.717, 1.165) is 11.4 Å². The summed E-state index contributed by atoms with van der Waals surface area (Å²) < 4.78 is 7.02. The van der Waals surface area contributed by atoms with Crippen molar-refractivity contribution in [3.05, 3.63) is 53.5 Å². The molecule has 25 heavy (non-hydrogen) atoms. The van der Waals surface area contributed by atoms with E-state index < -0.39 is 0 Å². The molecule has 0 spiro atoms. The molecule has 3 rings (SSSR count). The van der Waals surface area contributed by atoms with E-state index >= 15 is 0 Å². The fourth-order valence-electron chi connectivity index (χ4n) is 2.25. The average molecular weight is 357 g/mol. The number of carbonyl (C=O) groups is 1. The minimum atomic E-state index is -0.358. The summed E-state index contributed by atoms with van der Waals surface area (Å²) in [6.45, 7) is 6.19. The second-order valence-electron chi connectivity index (χ2n) is 5.68. The number of carbonyl (C=O) groups excluding carboxylic acids is 1. The monoisotopic (exact) mass is 357 g/mol. The first-order chi connectivity index (χ1) is 12.0. The maximum absolute atomic E-state index is 12.3. The van der Waals surface area contributed by atoms with Gasteiger partial charge in [0.25, 0.3) is 0 Å². The second-order valence-corrected chi connectivity index (χ2v) is 6.99. The molecule has 1 N–H and O–H groups in total. The van der Waals surface area contributed by atoms with Crippen molar-refractivity contribution in [3.63, 3.8) is 0 Å². The summed E-state index contributed by atoms with van der Waals surface area (Å²) in [5, 5.41) is 15.2. The van der Waals surface area contributed by atoms with E-state index in [1.54, 1.807) is 13.0 Å². The number of thioether (sulfide) groups is 1. The van der Waals surface area contributed by atoms with Crippen molar-refractivity contribution in [2.45, 2.75) is 37.7 Å². The standard InChI is InChI=1S/C17H19N5O2S/c1-11-9-15(24-21-11)18-16(23)12(2)25-17-20-19-13(3)22(17)10-14-7-5-4-6-8-14/h4-9,12H,10H2,1-3H3,(H,18,23). The van der Waals surface area contributed by atoms with Crippen LogP contribution in [0.5, 0.6) is 0 Å². The van der Waals surface area contributed by atoms with E-state index in [0.29, 0.717) is 23.3 Å². The third-order valence-corrected chi connectivity index (χ3v) is 4.69. The van der Waals surface area contributed by atoms with Crippen LogP contribution in [0.15, 0.2) is 46.1 Å². The third kappa shape index (κ3) is 4.27. The van der Waals surface area contributed by atoms with Crippen LogP contribution in [0.3, 0.4) is 0 Å². The lowest BCUT2D eigenvalue weighted by Crippen LogP contribution is -2.22. The molecule has 130 valence electrons. The van der Waals surface area contributed by atoms with Gasteiger partial charge in [0.05, 0.1) is 17.5 Å². The van der Waals surface area contributed by atoms with E-state index in [1.165, 1.54) is 11.8 Å². The summed E-state index contributed by atoms with van der Waals surface area (Å²) in [6.07, 6.45) is 0. The average Bonchev–Trinajstić information content (AvgIpc) is 3.16. The summed E-state index contributed by atoms with van der Waals surface area (Å²) >= 11 is 1.36. The lowest BCUT2D eigenvalue weighted by atomic mass is 10.2. The van der Waals surface area contributed by atoms with Crippen LogP contribution >= 0.6 is 11.8 Å². The highest BCUT2D eigenvalue weighted by Crippen LogP contribution is 2.24. The van der Waals surface area contributed by atoms with Crippen molar-refractivity contribution >= 4 is 23.6 Å². The summed E-state index contributed by atoms with van der Waals surface area (Å²) in [4.78, 5) is 12.3. The summed E-state index contributed by atoms with van der Waals surface area (Å²) in [7, 11) is 0. The number of aromatic nitrogens is 4. The smallest absolute Gasteiger partial charge is 0.240 e. The van der Waals surface area contributed by atoms with Crippen LogP contribution < -0.4 is 5.32 Å². The Morgan fingerprint density at radius 2 is 2.04 bits per heavy atom. The molecule has 0 aliphatic heterocycles. The largest absolute Gasteiger partial charge is 0.338 e. The lowest BCUT2D eigenvalue weighted by molar-refractivity contribution is -0.115. The van der Waals surface area contributed by atoms with Crippen LogP contribution in [0.25, 0.3) is 0 Å². The summed E-state index contributed by atoms with van der Waals surface area (Å²) in [5.74, 6) is 0.981. The minimum Gasteiger partial charge on any atom is -0.338 e. The molecule has 0 saturated carbocycles. The number of hydrogen-bond donors (Lipinski definition) is 1. The molecular weight excluding hydrogens is 338 g/mol. The number of amides is 1. The number of aryl methyl sites for hydroxylation is 2. The number of rotatable bonds is 6. The van der Waals surface area contributed by atoms with Crippen LogP contribution in [0, 0.1) is 13.8 Å². The van der Waals surface area contributed by atoms with E-state index in [1.807, 2.05) is 36.6 Å². The van der Waals surface area contributed by atoms with E-state index in [9.17, 15) is 4.79 Å². The topological polar surface area (TPSA) is 85.8 Å². The molecule has 7 nitrogen and oxygen atoms in total. The molecular formula is C17H19N5O2S. The van der Waals surface area contributed by atoms with Crippen LogP contribution in [-0.2, 0) is 11.3 Å². The van der Waals surface area contributed by atoms with Gasteiger partial charge in [0.1, 0.15) is 5.82 Å². The Bertz CT molecular complexity index is 859. The Morgan fingerprint density at radius 3 is 2.72 bits per heavy atom. The summed E-state index contributed by atoms with van der Waals surface area (Å²) in [5.41, 5.74) is 1.87. The van der Waals surface area contributed by atoms with Crippen molar-refractivity contribution in [3.8, 4) is 0 Å². The van der Waals surface area contributed by atoms with Crippen LogP contribution in [0.1, 0.15) is 24.0 Å². The van der Waals surface area contributed by atoms with E-state index in [-0.39, 0.29) is 11.2 Å². The highest BCUT2D eigenvalue weighted by Gasteiger charge is 2.20. The van der Waals surface area contributed by atoms with Gasteiger partial charge in [-0.2, -0.15) is 0 Å². The number of nitrogens with one attached hydrogen (secondary N) is 1. The molecule has 0 aliphatic rings. The number of benzene rings is 1. The van der Waals surface area contributed by atoms with Gasteiger partial charge in [-0.3, -0.25) is 10.1 Å². The Hall–Kier alpha value is -2.61. The summed E-state index contributed by atoms with van der Waals surface area (Å²) in [6, 6.07) is 11.8. The van der Waals surface area contributed by atoms with Gasteiger partial charge in [0, 0.05) is 6.07 Å². The maximum Gasteiger partial charge on any atom is 0.240 e. The molecule has 8 heteroatoms. The second kappa shape index (κ2) is 7.52. The zero-order valence-electron chi connectivity index (χ0n) is 14.3. The number of hydrogen-bond acceptors (Lipinski definition) is 6. The predicted molar refractivity (Wildman–Crippen MR) is 95.5 cm³/mol. The molecule has 1 aromatic carbocycles. The van der Waals surface area contributed by atoms with Gasteiger partial charge < -0.3 is 9.09 Å². The van der Waals surface area contributed by atoms with Crippen LogP contribution in [0.4, 0.5) is 5.88 Å². The Labute approximate surface area is 149 Å². The Balaban J connectivity index is 1.69. The fourth-order valence-corrected chi connectivity index (χ4v) is 3.15. The first-order valence-electron chi connectivity index (χ1n) is 7.87. The van der Waals surface area contributed by atoms with Gasteiger partial charge in [-0.05, 0) is 26.3 Å². The molecule has 3 aromatic rings. The third-order valence-electron chi connectivity index (χ3n) is 3.61. The minimum absolute atomic E-state index is 0.173.